The van der Waals surface area contributed by atoms with Gasteiger partial charge in [0.2, 0.25) is 0 Å². The standard InChI is InChI=1S/C14H17ClN4OS/c1-8(2)11(12-17-18-14(21)19(12)3)16-13(20)9-4-6-10(15)7-5-9/h4-8,11H,1-3H3,(H,16,20)(H,18,21). The van der Waals surface area contributed by atoms with Crippen LogP contribution in [0.2, 0.25) is 5.02 Å². The largest absolute Gasteiger partial charge is 0.342 e. The van der Waals surface area contributed by atoms with Gasteiger partial charge in [-0.25, -0.2) is 0 Å². The third-order valence-electron chi connectivity index (χ3n) is 3.25. The first-order chi connectivity index (χ1) is 9.90. The summed E-state index contributed by atoms with van der Waals surface area (Å²) in [6, 6.07) is 6.54. The molecule has 0 aliphatic heterocycles. The zero-order valence-corrected chi connectivity index (χ0v) is 13.6. The number of aromatic amines is 1. The number of carbonyl (C=O) groups excluding carboxylic acids is 1. The molecule has 2 rings (SSSR count). The minimum atomic E-state index is -0.230. The Kier molecular flexibility index (Phi) is 4.80. The van der Waals surface area contributed by atoms with Crippen molar-refractivity contribution in [3.8, 4) is 0 Å². The molecule has 112 valence electrons. The van der Waals surface area contributed by atoms with Crippen LogP contribution in [-0.2, 0) is 7.05 Å². The second kappa shape index (κ2) is 6.41. The third kappa shape index (κ3) is 3.51. The molecule has 0 spiro atoms. The van der Waals surface area contributed by atoms with Crippen molar-refractivity contribution < 1.29 is 4.79 Å². The van der Waals surface area contributed by atoms with E-state index < -0.39 is 0 Å². The monoisotopic (exact) mass is 324 g/mol. The molecule has 0 saturated carbocycles. The summed E-state index contributed by atoms with van der Waals surface area (Å²) in [5.74, 6) is 0.710. The summed E-state index contributed by atoms with van der Waals surface area (Å²) in [7, 11) is 1.82. The third-order valence-corrected chi connectivity index (χ3v) is 3.87. The molecule has 0 fully saturated rings. The van der Waals surface area contributed by atoms with Crippen LogP contribution < -0.4 is 5.32 Å². The molecule has 1 aromatic heterocycles. The lowest BCUT2D eigenvalue weighted by Gasteiger charge is -2.21. The lowest BCUT2D eigenvalue weighted by Crippen LogP contribution is -2.33. The van der Waals surface area contributed by atoms with Crippen molar-refractivity contribution in [2.45, 2.75) is 19.9 Å². The fraction of sp³-hybridized carbons (Fsp3) is 0.357. The van der Waals surface area contributed by atoms with Crippen LogP contribution in [0.1, 0.15) is 36.1 Å². The average molecular weight is 325 g/mol. The van der Waals surface area contributed by atoms with Gasteiger partial charge < -0.3 is 9.88 Å². The number of H-pyrrole nitrogens is 1. The lowest BCUT2D eigenvalue weighted by molar-refractivity contribution is 0.0922. The molecule has 0 aliphatic carbocycles. The maximum Gasteiger partial charge on any atom is 0.251 e. The van der Waals surface area contributed by atoms with Crippen LogP contribution in [0.3, 0.4) is 0 Å². The Morgan fingerprint density at radius 3 is 2.48 bits per heavy atom. The van der Waals surface area contributed by atoms with Gasteiger partial charge in [0, 0.05) is 17.6 Å². The van der Waals surface area contributed by atoms with Crippen molar-refractivity contribution in [3.05, 3.63) is 45.4 Å². The van der Waals surface area contributed by atoms with E-state index >= 15 is 0 Å². The first-order valence-electron chi connectivity index (χ1n) is 6.58. The zero-order chi connectivity index (χ0) is 15.6. The first kappa shape index (κ1) is 15.7. The summed E-state index contributed by atoms with van der Waals surface area (Å²) in [5, 5.41) is 10.5. The maximum atomic E-state index is 12.3. The van der Waals surface area contributed by atoms with Crippen LogP contribution in [0.4, 0.5) is 0 Å². The van der Waals surface area contributed by atoms with E-state index in [1.165, 1.54) is 0 Å². The van der Waals surface area contributed by atoms with E-state index in [1.54, 1.807) is 28.8 Å². The summed E-state index contributed by atoms with van der Waals surface area (Å²) >= 11 is 11.0. The van der Waals surface area contributed by atoms with Gasteiger partial charge in [-0.1, -0.05) is 25.4 Å². The van der Waals surface area contributed by atoms with Gasteiger partial charge in [0.05, 0.1) is 6.04 Å². The van der Waals surface area contributed by atoms with Gasteiger partial charge in [-0.05, 0) is 42.4 Å². The normalized spacial score (nSPS) is 12.4. The predicted octanol–water partition coefficient (Wildman–Crippen LogP) is 3.26. The molecule has 1 unspecified atom stereocenters. The van der Waals surface area contributed by atoms with Gasteiger partial charge in [0.25, 0.3) is 5.91 Å². The quantitative estimate of drug-likeness (QED) is 0.848. The fourth-order valence-corrected chi connectivity index (χ4v) is 2.26. The Balaban J connectivity index is 2.24. The number of rotatable bonds is 4. The van der Waals surface area contributed by atoms with E-state index in [0.717, 1.165) is 0 Å². The molecule has 7 heteroatoms. The lowest BCUT2D eigenvalue weighted by atomic mass is 10.0. The van der Waals surface area contributed by atoms with E-state index in [0.29, 0.717) is 21.2 Å². The Labute approximate surface area is 133 Å². The summed E-state index contributed by atoms with van der Waals surface area (Å²) < 4.78 is 2.29. The topological polar surface area (TPSA) is 62.7 Å². The zero-order valence-electron chi connectivity index (χ0n) is 12.1. The van der Waals surface area contributed by atoms with E-state index in [2.05, 4.69) is 15.5 Å². The van der Waals surface area contributed by atoms with Crippen LogP contribution >= 0.6 is 23.8 Å². The molecule has 1 atom stereocenters. The molecule has 1 amide bonds. The molecule has 2 N–H and O–H groups in total. The molecule has 0 radical (unpaired) electrons. The van der Waals surface area contributed by atoms with Crippen molar-refractivity contribution in [1.29, 1.82) is 0 Å². The molecule has 1 aromatic carbocycles. The molecule has 0 saturated heterocycles. The van der Waals surface area contributed by atoms with E-state index in [1.807, 2.05) is 20.9 Å². The van der Waals surface area contributed by atoms with Gasteiger partial charge in [-0.15, -0.1) is 0 Å². The summed E-state index contributed by atoms with van der Waals surface area (Å²) in [6.45, 7) is 4.04. The van der Waals surface area contributed by atoms with Crippen molar-refractivity contribution in [2.75, 3.05) is 0 Å². The maximum absolute atomic E-state index is 12.3. The predicted molar refractivity (Wildman–Crippen MR) is 84.9 cm³/mol. The molecule has 21 heavy (non-hydrogen) atoms. The van der Waals surface area contributed by atoms with Gasteiger partial charge in [0.1, 0.15) is 0 Å². The molecular formula is C14H17ClN4OS. The van der Waals surface area contributed by atoms with Gasteiger partial charge in [-0.3, -0.25) is 9.89 Å². The van der Waals surface area contributed by atoms with Gasteiger partial charge in [-0.2, -0.15) is 5.10 Å². The number of amides is 1. The van der Waals surface area contributed by atoms with E-state index in [4.69, 9.17) is 23.8 Å². The Morgan fingerprint density at radius 2 is 2.00 bits per heavy atom. The summed E-state index contributed by atoms with van der Waals surface area (Å²) in [5.41, 5.74) is 0.557. The molecular weight excluding hydrogens is 308 g/mol. The van der Waals surface area contributed by atoms with E-state index in [9.17, 15) is 4.79 Å². The smallest absolute Gasteiger partial charge is 0.251 e. The number of aromatic nitrogens is 3. The number of nitrogens with zero attached hydrogens (tertiary/aromatic N) is 2. The average Bonchev–Trinajstić information content (AvgIpc) is 2.76. The molecule has 2 aromatic rings. The van der Waals surface area contributed by atoms with Crippen molar-refractivity contribution in [2.24, 2.45) is 13.0 Å². The highest BCUT2D eigenvalue weighted by atomic mass is 35.5. The van der Waals surface area contributed by atoms with Crippen LogP contribution in [-0.4, -0.2) is 20.7 Å². The van der Waals surface area contributed by atoms with Crippen LogP contribution in [0, 0.1) is 10.7 Å². The molecule has 5 nitrogen and oxygen atoms in total. The number of hydrogen-bond donors (Lipinski definition) is 2. The van der Waals surface area contributed by atoms with Crippen LogP contribution in [0.5, 0.6) is 0 Å². The number of carbonyl (C=O) groups is 1. The Morgan fingerprint density at radius 1 is 1.38 bits per heavy atom. The summed E-state index contributed by atoms with van der Waals surface area (Å²) in [6.07, 6.45) is 0. The van der Waals surface area contributed by atoms with Crippen molar-refractivity contribution in [1.82, 2.24) is 20.1 Å². The summed E-state index contributed by atoms with van der Waals surface area (Å²) in [4.78, 5) is 12.3. The highest BCUT2D eigenvalue weighted by Gasteiger charge is 2.23. The van der Waals surface area contributed by atoms with Gasteiger partial charge in [0.15, 0.2) is 10.6 Å². The van der Waals surface area contributed by atoms with Crippen molar-refractivity contribution in [3.63, 3.8) is 0 Å². The highest BCUT2D eigenvalue weighted by Crippen LogP contribution is 2.20. The Hall–Kier alpha value is -1.66. The Bertz CT molecular complexity index is 690. The number of benzene rings is 1. The minimum absolute atomic E-state index is 0.167. The second-order valence-corrected chi connectivity index (χ2v) is 5.97. The van der Waals surface area contributed by atoms with Crippen LogP contribution in [0.25, 0.3) is 0 Å². The SMILES string of the molecule is CC(C)C(NC(=O)c1ccc(Cl)cc1)c1n[nH]c(=S)n1C. The minimum Gasteiger partial charge on any atom is -0.342 e. The van der Waals surface area contributed by atoms with Gasteiger partial charge >= 0.3 is 0 Å². The van der Waals surface area contributed by atoms with Crippen LogP contribution in [0.15, 0.2) is 24.3 Å². The molecule has 0 bridgehead atoms. The highest BCUT2D eigenvalue weighted by molar-refractivity contribution is 7.71. The number of halogens is 1. The second-order valence-electron chi connectivity index (χ2n) is 5.15. The fourth-order valence-electron chi connectivity index (χ4n) is 1.99. The van der Waals surface area contributed by atoms with E-state index in [-0.39, 0.29) is 17.9 Å². The number of nitrogens with one attached hydrogen (secondary N) is 2. The molecule has 0 aliphatic rings. The van der Waals surface area contributed by atoms with Crippen molar-refractivity contribution >= 4 is 29.7 Å². The first-order valence-corrected chi connectivity index (χ1v) is 7.36. The molecule has 1 heterocycles. The number of hydrogen-bond acceptors (Lipinski definition) is 3.